The van der Waals surface area contributed by atoms with Crippen molar-refractivity contribution in [1.82, 2.24) is 9.80 Å². The fourth-order valence-corrected chi connectivity index (χ4v) is 4.00. The average Bonchev–Trinajstić information content (AvgIpc) is 2.96. The Hall–Kier alpha value is -1.06. The Morgan fingerprint density at radius 2 is 1.91 bits per heavy atom. The van der Waals surface area contributed by atoms with Gasteiger partial charge in [0.2, 0.25) is 0 Å². The van der Waals surface area contributed by atoms with E-state index in [0.717, 1.165) is 18.3 Å². The van der Waals surface area contributed by atoms with Crippen LogP contribution < -0.4 is 4.74 Å². The SMILES string of the molecule is COc1ccc(C)cc1CN1CCCC1CN1CCCCC1. The van der Waals surface area contributed by atoms with Gasteiger partial charge in [0.25, 0.3) is 0 Å². The van der Waals surface area contributed by atoms with Crippen LogP contribution in [0.5, 0.6) is 5.75 Å². The van der Waals surface area contributed by atoms with Gasteiger partial charge in [0.05, 0.1) is 7.11 Å². The number of aryl methyl sites for hydroxylation is 1. The van der Waals surface area contributed by atoms with Crippen molar-refractivity contribution in [2.45, 2.75) is 51.6 Å². The van der Waals surface area contributed by atoms with E-state index in [0.29, 0.717) is 0 Å². The van der Waals surface area contributed by atoms with Crippen molar-refractivity contribution < 1.29 is 4.74 Å². The highest BCUT2D eigenvalue weighted by Crippen LogP contribution is 2.27. The summed E-state index contributed by atoms with van der Waals surface area (Å²) in [7, 11) is 1.78. The molecule has 0 N–H and O–H groups in total. The van der Waals surface area contributed by atoms with Crippen molar-refractivity contribution in [3.05, 3.63) is 29.3 Å². The van der Waals surface area contributed by atoms with E-state index in [1.807, 2.05) is 0 Å². The molecule has 0 amide bonds. The third-order valence-electron chi connectivity index (χ3n) is 5.23. The van der Waals surface area contributed by atoms with Crippen molar-refractivity contribution in [2.24, 2.45) is 0 Å². The van der Waals surface area contributed by atoms with E-state index in [2.05, 4.69) is 34.9 Å². The van der Waals surface area contributed by atoms with Gasteiger partial charge < -0.3 is 9.64 Å². The Labute approximate surface area is 135 Å². The monoisotopic (exact) mass is 302 g/mol. The summed E-state index contributed by atoms with van der Waals surface area (Å²) in [6, 6.07) is 7.26. The first kappa shape index (κ1) is 15.8. The minimum Gasteiger partial charge on any atom is -0.496 e. The second kappa shape index (κ2) is 7.47. The van der Waals surface area contributed by atoms with E-state index in [1.54, 1.807) is 7.11 Å². The Bertz CT molecular complexity index is 482. The number of piperidine rings is 1. The molecule has 3 nitrogen and oxygen atoms in total. The molecule has 0 aromatic heterocycles. The number of nitrogens with zero attached hydrogens (tertiary/aromatic N) is 2. The minimum atomic E-state index is 0.725. The highest BCUT2D eigenvalue weighted by atomic mass is 16.5. The zero-order valence-electron chi connectivity index (χ0n) is 14.2. The van der Waals surface area contributed by atoms with E-state index in [-0.39, 0.29) is 0 Å². The number of ether oxygens (including phenoxy) is 1. The highest BCUT2D eigenvalue weighted by molar-refractivity contribution is 5.36. The lowest BCUT2D eigenvalue weighted by Gasteiger charge is -2.33. The van der Waals surface area contributed by atoms with Gasteiger partial charge in [0, 0.05) is 24.7 Å². The molecule has 122 valence electrons. The normalized spacial score (nSPS) is 23.8. The van der Waals surface area contributed by atoms with Crippen LogP contribution in [0.15, 0.2) is 18.2 Å². The summed E-state index contributed by atoms with van der Waals surface area (Å²) < 4.78 is 5.56. The average molecular weight is 302 g/mol. The standard InChI is InChI=1S/C19H30N2O/c1-16-8-9-19(22-2)17(13-16)14-21-12-6-7-18(21)15-20-10-4-3-5-11-20/h8-9,13,18H,3-7,10-12,14-15H2,1-2H3. The van der Waals surface area contributed by atoms with Gasteiger partial charge in [-0.05, 0) is 58.3 Å². The van der Waals surface area contributed by atoms with Crippen LogP contribution in [0.1, 0.15) is 43.2 Å². The molecule has 0 bridgehead atoms. The molecule has 0 saturated carbocycles. The third kappa shape index (κ3) is 3.82. The van der Waals surface area contributed by atoms with Crippen LogP contribution in [0.25, 0.3) is 0 Å². The smallest absolute Gasteiger partial charge is 0.123 e. The van der Waals surface area contributed by atoms with Crippen LogP contribution in [-0.2, 0) is 6.54 Å². The fourth-order valence-electron chi connectivity index (χ4n) is 4.00. The third-order valence-corrected chi connectivity index (χ3v) is 5.23. The topological polar surface area (TPSA) is 15.7 Å². The Balaban J connectivity index is 1.64. The summed E-state index contributed by atoms with van der Waals surface area (Å²) in [4.78, 5) is 5.35. The first-order chi connectivity index (χ1) is 10.8. The highest BCUT2D eigenvalue weighted by Gasteiger charge is 2.27. The Morgan fingerprint density at radius 1 is 1.09 bits per heavy atom. The summed E-state index contributed by atoms with van der Waals surface area (Å²) >= 11 is 0. The lowest BCUT2D eigenvalue weighted by Crippen LogP contribution is -2.42. The van der Waals surface area contributed by atoms with Crippen molar-refractivity contribution in [3.8, 4) is 5.75 Å². The van der Waals surface area contributed by atoms with E-state index < -0.39 is 0 Å². The molecule has 1 aromatic carbocycles. The van der Waals surface area contributed by atoms with Crippen molar-refractivity contribution in [2.75, 3.05) is 33.3 Å². The molecular weight excluding hydrogens is 272 g/mol. The number of likely N-dealkylation sites (tertiary alicyclic amines) is 2. The van der Waals surface area contributed by atoms with Gasteiger partial charge in [-0.1, -0.05) is 24.1 Å². The maximum Gasteiger partial charge on any atom is 0.123 e. The summed E-state index contributed by atoms with van der Waals surface area (Å²) in [6.07, 6.45) is 6.89. The molecule has 3 rings (SSSR count). The van der Waals surface area contributed by atoms with Gasteiger partial charge in [0.1, 0.15) is 5.75 Å². The predicted octanol–water partition coefficient (Wildman–Crippen LogP) is 3.45. The van der Waals surface area contributed by atoms with Crippen LogP contribution in [0.3, 0.4) is 0 Å². The summed E-state index contributed by atoms with van der Waals surface area (Å²) in [5, 5.41) is 0. The van der Waals surface area contributed by atoms with Crippen LogP contribution in [0, 0.1) is 6.92 Å². The zero-order valence-corrected chi connectivity index (χ0v) is 14.2. The Kier molecular flexibility index (Phi) is 5.37. The molecule has 1 aromatic rings. The number of benzene rings is 1. The second-order valence-corrected chi connectivity index (χ2v) is 6.94. The molecule has 2 aliphatic rings. The quantitative estimate of drug-likeness (QED) is 0.828. The Morgan fingerprint density at radius 3 is 2.68 bits per heavy atom. The maximum absolute atomic E-state index is 5.56. The second-order valence-electron chi connectivity index (χ2n) is 6.94. The predicted molar refractivity (Wildman–Crippen MR) is 91.5 cm³/mol. The largest absolute Gasteiger partial charge is 0.496 e. The van der Waals surface area contributed by atoms with Crippen LogP contribution in [0.2, 0.25) is 0 Å². The van der Waals surface area contributed by atoms with Gasteiger partial charge in [-0.25, -0.2) is 0 Å². The van der Waals surface area contributed by atoms with Crippen molar-refractivity contribution >= 4 is 0 Å². The molecule has 3 heteroatoms. The van der Waals surface area contributed by atoms with Crippen LogP contribution in [-0.4, -0.2) is 49.1 Å². The van der Waals surface area contributed by atoms with Gasteiger partial charge >= 0.3 is 0 Å². The van der Waals surface area contributed by atoms with Gasteiger partial charge in [-0.2, -0.15) is 0 Å². The molecular formula is C19H30N2O. The molecule has 2 fully saturated rings. The van der Waals surface area contributed by atoms with Crippen molar-refractivity contribution in [3.63, 3.8) is 0 Å². The van der Waals surface area contributed by atoms with E-state index >= 15 is 0 Å². The first-order valence-corrected chi connectivity index (χ1v) is 8.86. The molecule has 1 atom stereocenters. The summed E-state index contributed by atoms with van der Waals surface area (Å²) in [5.74, 6) is 1.04. The summed E-state index contributed by atoms with van der Waals surface area (Å²) in [6.45, 7) is 8.29. The number of rotatable bonds is 5. The molecule has 0 spiro atoms. The van der Waals surface area contributed by atoms with E-state index in [9.17, 15) is 0 Å². The molecule has 2 aliphatic heterocycles. The zero-order chi connectivity index (χ0) is 15.4. The number of hydrogen-bond acceptors (Lipinski definition) is 3. The molecule has 0 aliphatic carbocycles. The first-order valence-electron chi connectivity index (χ1n) is 8.86. The molecule has 0 radical (unpaired) electrons. The molecule has 2 heterocycles. The summed E-state index contributed by atoms with van der Waals surface area (Å²) in [5.41, 5.74) is 2.66. The van der Waals surface area contributed by atoms with Gasteiger partial charge in [-0.3, -0.25) is 4.90 Å². The number of methoxy groups -OCH3 is 1. The lowest BCUT2D eigenvalue weighted by molar-refractivity contribution is 0.148. The molecule has 22 heavy (non-hydrogen) atoms. The molecule has 2 saturated heterocycles. The van der Waals surface area contributed by atoms with Gasteiger partial charge in [0.15, 0.2) is 0 Å². The maximum atomic E-state index is 5.56. The lowest BCUT2D eigenvalue weighted by atomic mass is 10.1. The van der Waals surface area contributed by atoms with Crippen LogP contribution >= 0.6 is 0 Å². The van der Waals surface area contributed by atoms with Crippen LogP contribution in [0.4, 0.5) is 0 Å². The number of hydrogen-bond donors (Lipinski definition) is 0. The fraction of sp³-hybridized carbons (Fsp3) is 0.684. The minimum absolute atomic E-state index is 0.725. The molecule has 1 unspecified atom stereocenters. The van der Waals surface area contributed by atoms with E-state index in [4.69, 9.17) is 4.74 Å². The van der Waals surface area contributed by atoms with Crippen molar-refractivity contribution in [1.29, 1.82) is 0 Å². The van der Waals surface area contributed by atoms with Gasteiger partial charge in [-0.15, -0.1) is 0 Å². The van der Waals surface area contributed by atoms with E-state index in [1.165, 1.54) is 69.4 Å².